The highest BCUT2D eigenvalue weighted by atomic mass is 19.4. The number of hydrogen-bond acceptors (Lipinski definition) is 4. The van der Waals surface area contributed by atoms with Crippen LogP contribution in [0.4, 0.5) is 13.2 Å². The average Bonchev–Trinajstić information content (AvgIpc) is 2.41. The van der Waals surface area contributed by atoms with Crippen LogP contribution in [0, 0.1) is 10.8 Å². The molecule has 25 heavy (non-hydrogen) atoms. The van der Waals surface area contributed by atoms with Gasteiger partial charge in [0.05, 0.1) is 18.8 Å². The van der Waals surface area contributed by atoms with E-state index in [0.717, 1.165) is 0 Å². The fraction of sp³-hybridized carbons (Fsp3) is 0.765. The van der Waals surface area contributed by atoms with Crippen LogP contribution >= 0.6 is 0 Å². The molecule has 2 fully saturated rings. The second-order valence-corrected chi connectivity index (χ2v) is 8.06. The van der Waals surface area contributed by atoms with E-state index in [-0.39, 0.29) is 50.4 Å². The zero-order chi connectivity index (χ0) is 18.7. The van der Waals surface area contributed by atoms with Crippen molar-refractivity contribution < 1.29 is 27.5 Å². The van der Waals surface area contributed by atoms with Gasteiger partial charge in [0.25, 0.3) is 0 Å². The van der Waals surface area contributed by atoms with Crippen molar-refractivity contribution >= 4 is 11.7 Å². The molecule has 0 radical (unpaired) electrons. The van der Waals surface area contributed by atoms with Crippen molar-refractivity contribution in [2.75, 3.05) is 19.7 Å². The van der Waals surface area contributed by atoms with Crippen LogP contribution in [0.25, 0.3) is 0 Å². The van der Waals surface area contributed by atoms with E-state index in [4.69, 9.17) is 10.5 Å². The lowest BCUT2D eigenvalue weighted by Crippen LogP contribution is -2.63. The van der Waals surface area contributed by atoms with Crippen molar-refractivity contribution in [3.8, 4) is 0 Å². The third-order valence-electron chi connectivity index (χ3n) is 5.69. The van der Waals surface area contributed by atoms with Gasteiger partial charge in [0, 0.05) is 12.0 Å². The fourth-order valence-corrected chi connectivity index (χ4v) is 4.25. The zero-order valence-electron chi connectivity index (χ0n) is 14.4. The molecule has 1 amide bonds. The molecule has 3 aliphatic rings. The number of morpholine rings is 1. The van der Waals surface area contributed by atoms with Crippen molar-refractivity contribution in [1.29, 1.82) is 0 Å². The largest absolute Gasteiger partial charge is 0.403 e. The Balaban J connectivity index is 1.87. The van der Waals surface area contributed by atoms with Crippen molar-refractivity contribution in [1.82, 2.24) is 4.90 Å². The average molecular weight is 360 g/mol. The number of carbonyl (C=O) groups is 2. The number of rotatable bonds is 1. The lowest BCUT2D eigenvalue weighted by atomic mass is 9.66. The number of amides is 1. The highest BCUT2D eigenvalue weighted by Crippen LogP contribution is 2.54. The molecule has 1 saturated carbocycles. The predicted octanol–water partition coefficient (Wildman–Crippen LogP) is 2.16. The Kier molecular flexibility index (Phi) is 3.98. The number of Topliss-reactive ketones (excluding diaryl/α,β-unsaturated/α-hetero) is 1. The minimum absolute atomic E-state index is 0.0128. The maximum atomic E-state index is 13.5. The molecule has 0 aromatic heterocycles. The Morgan fingerprint density at radius 2 is 1.96 bits per heavy atom. The van der Waals surface area contributed by atoms with Crippen molar-refractivity contribution in [2.24, 2.45) is 16.6 Å². The molecule has 140 valence electrons. The van der Waals surface area contributed by atoms with E-state index >= 15 is 0 Å². The Bertz CT molecular complexity index is 638. The highest BCUT2D eigenvalue weighted by molar-refractivity contribution is 6.00. The van der Waals surface area contributed by atoms with E-state index < -0.39 is 28.5 Å². The normalized spacial score (nSPS) is 31.5. The topological polar surface area (TPSA) is 72.6 Å². The molecule has 1 unspecified atom stereocenters. The third-order valence-corrected chi connectivity index (χ3v) is 5.69. The van der Waals surface area contributed by atoms with Gasteiger partial charge in [-0.3, -0.25) is 9.59 Å². The maximum absolute atomic E-state index is 13.5. The molecule has 1 spiro atoms. The molecule has 0 bridgehead atoms. The van der Waals surface area contributed by atoms with Crippen LogP contribution in [0.15, 0.2) is 11.8 Å². The molecule has 2 N–H and O–H groups in total. The number of nitrogens with zero attached hydrogens (tertiary/aromatic N) is 1. The molecule has 8 heteroatoms. The zero-order valence-corrected chi connectivity index (χ0v) is 14.4. The Morgan fingerprint density at radius 3 is 2.44 bits per heavy atom. The highest BCUT2D eigenvalue weighted by Gasteiger charge is 2.65. The summed E-state index contributed by atoms with van der Waals surface area (Å²) in [5.41, 5.74) is 1.80. The number of ketones is 1. The quantitative estimate of drug-likeness (QED) is 0.778. The third kappa shape index (κ3) is 2.74. The number of allylic oxidation sites excluding steroid dienone is 1. The van der Waals surface area contributed by atoms with Gasteiger partial charge < -0.3 is 15.4 Å². The minimum atomic E-state index is -4.55. The van der Waals surface area contributed by atoms with E-state index in [1.165, 1.54) is 11.0 Å². The van der Waals surface area contributed by atoms with Gasteiger partial charge in [-0.25, -0.2) is 0 Å². The predicted molar refractivity (Wildman–Crippen MR) is 83.3 cm³/mol. The standard InChI is InChI=1S/C17H23F3N2O3/c1-14(2)9-15(8-11(21)12(14)23)10-22(6-7-25-15)13(24)16(4-3-5-16)17(18,19)20/h8H,3-7,9-10,21H2,1-2H3. The first-order valence-corrected chi connectivity index (χ1v) is 8.46. The lowest BCUT2D eigenvalue weighted by molar-refractivity contribution is -0.251. The molecule has 1 heterocycles. The van der Waals surface area contributed by atoms with E-state index in [9.17, 15) is 22.8 Å². The lowest BCUT2D eigenvalue weighted by Gasteiger charge is -2.50. The van der Waals surface area contributed by atoms with Gasteiger partial charge >= 0.3 is 6.18 Å². The summed E-state index contributed by atoms with van der Waals surface area (Å²) < 4.78 is 46.2. The number of ether oxygens (including phenoxy) is 1. The summed E-state index contributed by atoms with van der Waals surface area (Å²) >= 11 is 0. The summed E-state index contributed by atoms with van der Waals surface area (Å²) in [6.07, 6.45) is -2.73. The summed E-state index contributed by atoms with van der Waals surface area (Å²) in [5.74, 6) is -1.09. The van der Waals surface area contributed by atoms with E-state index in [0.29, 0.717) is 6.42 Å². The first kappa shape index (κ1) is 18.2. The van der Waals surface area contributed by atoms with Crippen LogP contribution in [0.5, 0.6) is 0 Å². The molecule has 0 aromatic carbocycles. The van der Waals surface area contributed by atoms with Crippen LogP contribution in [-0.4, -0.2) is 48.1 Å². The number of alkyl halides is 3. The maximum Gasteiger partial charge on any atom is 0.403 e. The van der Waals surface area contributed by atoms with E-state index in [1.54, 1.807) is 13.8 Å². The number of nitrogens with two attached hydrogens (primary N) is 1. The Morgan fingerprint density at radius 1 is 1.32 bits per heavy atom. The molecule has 0 aromatic rings. The molecule has 1 atom stereocenters. The molecule has 3 rings (SSSR count). The van der Waals surface area contributed by atoms with Crippen molar-refractivity contribution in [2.45, 2.75) is 51.3 Å². The molecule has 1 saturated heterocycles. The first-order valence-electron chi connectivity index (χ1n) is 8.46. The number of halogens is 3. The van der Waals surface area contributed by atoms with Crippen LogP contribution in [0.2, 0.25) is 0 Å². The van der Waals surface area contributed by atoms with Gasteiger partial charge in [0.1, 0.15) is 11.0 Å². The van der Waals surface area contributed by atoms with Crippen LogP contribution in [0.3, 0.4) is 0 Å². The van der Waals surface area contributed by atoms with Gasteiger partial charge in [-0.15, -0.1) is 0 Å². The van der Waals surface area contributed by atoms with Gasteiger partial charge in [-0.2, -0.15) is 13.2 Å². The van der Waals surface area contributed by atoms with Crippen LogP contribution in [-0.2, 0) is 14.3 Å². The molecule has 1 aliphatic heterocycles. The smallest absolute Gasteiger partial charge is 0.396 e. The number of carbonyl (C=O) groups excluding carboxylic acids is 2. The van der Waals surface area contributed by atoms with Crippen molar-refractivity contribution in [3.63, 3.8) is 0 Å². The van der Waals surface area contributed by atoms with Gasteiger partial charge in [-0.05, 0) is 25.3 Å². The summed E-state index contributed by atoms with van der Waals surface area (Å²) in [4.78, 5) is 26.1. The summed E-state index contributed by atoms with van der Waals surface area (Å²) in [6.45, 7) is 3.67. The fourth-order valence-electron chi connectivity index (χ4n) is 4.25. The SMILES string of the molecule is CC1(C)CC2(C=C(N)C1=O)CN(C(=O)C1(C(F)(F)F)CCC1)CCO2. The summed E-state index contributed by atoms with van der Waals surface area (Å²) in [6, 6.07) is 0. The molecule has 2 aliphatic carbocycles. The van der Waals surface area contributed by atoms with Gasteiger partial charge in [0.15, 0.2) is 5.78 Å². The summed E-state index contributed by atoms with van der Waals surface area (Å²) in [7, 11) is 0. The second-order valence-electron chi connectivity index (χ2n) is 8.06. The minimum Gasteiger partial charge on any atom is -0.396 e. The van der Waals surface area contributed by atoms with Gasteiger partial charge in [-0.1, -0.05) is 20.3 Å². The molecular weight excluding hydrogens is 337 g/mol. The van der Waals surface area contributed by atoms with Crippen molar-refractivity contribution in [3.05, 3.63) is 11.8 Å². The van der Waals surface area contributed by atoms with E-state index in [2.05, 4.69) is 0 Å². The Labute approximate surface area is 144 Å². The summed E-state index contributed by atoms with van der Waals surface area (Å²) in [5, 5.41) is 0. The Hall–Kier alpha value is -1.57. The second kappa shape index (κ2) is 5.46. The van der Waals surface area contributed by atoms with Crippen LogP contribution < -0.4 is 5.73 Å². The number of hydrogen-bond donors (Lipinski definition) is 1. The monoisotopic (exact) mass is 360 g/mol. The molecular formula is C17H23F3N2O3. The first-order chi connectivity index (χ1) is 11.4. The van der Waals surface area contributed by atoms with E-state index in [1.807, 2.05) is 0 Å². The van der Waals surface area contributed by atoms with Gasteiger partial charge in [0.2, 0.25) is 5.91 Å². The molecule has 5 nitrogen and oxygen atoms in total. The van der Waals surface area contributed by atoms with Crippen LogP contribution in [0.1, 0.15) is 39.5 Å².